The number of pyridine rings is 1. The van der Waals surface area contributed by atoms with Crippen molar-refractivity contribution in [3.63, 3.8) is 0 Å². The molecule has 0 atom stereocenters. The summed E-state index contributed by atoms with van der Waals surface area (Å²) in [6.45, 7) is 3.85. The summed E-state index contributed by atoms with van der Waals surface area (Å²) in [5.74, 6) is -0.404. The van der Waals surface area contributed by atoms with Crippen molar-refractivity contribution in [1.29, 1.82) is 5.26 Å². The minimum absolute atomic E-state index is 0.298. The Labute approximate surface area is 126 Å². The van der Waals surface area contributed by atoms with Gasteiger partial charge in [-0.2, -0.15) is 5.26 Å². The number of fused-ring (bicyclic) bond motifs is 1. The summed E-state index contributed by atoms with van der Waals surface area (Å²) in [5, 5.41) is 12.8. The van der Waals surface area contributed by atoms with Gasteiger partial charge in [-0.1, -0.05) is 18.2 Å². The van der Waals surface area contributed by atoms with Crippen LogP contribution in [0.5, 0.6) is 0 Å². The highest BCUT2D eigenvalue weighted by Gasteiger charge is 2.28. The van der Waals surface area contributed by atoms with Crippen molar-refractivity contribution < 1.29 is 9.53 Å². The number of para-hydroxylation sites is 1. The molecule has 21 heavy (non-hydrogen) atoms. The first-order valence-electron chi connectivity index (χ1n) is 6.63. The van der Waals surface area contributed by atoms with Crippen LogP contribution >= 0.6 is 10.0 Å². The second kappa shape index (κ2) is 5.74. The van der Waals surface area contributed by atoms with Gasteiger partial charge in [0.1, 0.15) is 5.40 Å². The van der Waals surface area contributed by atoms with E-state index in [1.54, 1.807) is 13.8 Å². The maximum Gasteiger partial charge on any atom is 0.341 e. The number of rotatable bonds is 3. The molecule has 0 aliphatic carbocycles. The quantitative estimate of drug-likeness (QED) is 0.641. The topological polar surface area (TPSA) is 63.0 Å². The molecule has 0 saturated heterocycles. The Morgan fingerprint density at radius 3 is 2.67 bits per heavy atom. The summed E-state index contributed by atoms with van der Waals surface area (Å²) in [7, 11) is -1.78. The van der Waals surface area contributed by atoms with Gasteiger partial charge in [-0.25, -0.2) is 4.79 Å². The third-order valence-electron chi connectivity index (χ3n) is 3.24. The summed E-state index contributed by atoms with van der Waals surface area (Å²) in [6.07, 6.45) is 3.77. The van der Waals surface area contributed by atoms with Gasteiger partial charge in [-0.05, 0) is 32.4 Å². The Bertz CT molecular complexity index is 748. The van der Waals surface area contributed by atoms with Crippen LogP contribution in [0.1, 0.15) is 23.0 Å². The van der Waals surface area contributed by atoms with Crippen molar-refractivity contribution in [2.75, 3.05) is 19.1 Å². The van der Waals surface area contributed by atoms with E-state index in [1.807, 2.05) is 36.8 Å². The zero-order valence-electron chi connectivity index (χ0n) is 12.6. The Hall–Kier alpha value is -2.06. The molecule has 0 bridgehead atoms. The molecule has 5 heteroatoms. The van der Waals surface area contributed by atoms with E-state index in [1.165, 1.54) is 0 Å². The number of ether oxygens (including phenoxy) is 1. The van der Waals surface area contributed by atoms with E-state index in [9.17, 15) is 10.1 Å². The minimum Gasteiger partial charge on any atom is -0.462 e. The highest BCUT2D eigenvalue weighted by atomic mass is 32.3. The Kier molecular flexibility index (Phi) is 4.19. The number of benzene rings is 1. The Morgan fingerprint density at radius 1 is 1.38 bits per heavy atom. The minimum atomic E-state index is -1.78. The summed E-state index contributed by atoms with van der Waals surface area (Å²) in [5.41, 5.74) is 1.85. The lowest BCUT2D eigenvalue weighted by Crippen LogP contribution is -2.13. The average Bonchev–Trinajstić information content (AvgIpc) is 2.45. The van der Waals surface area contributed by atoms with Gasteiger partial charge in [-0.15, -0.1) is 10.0 Å². The van der Waals surface area contributed by atoms with Crippen molar-refractivity contribution in [3.8, 4) is 5.40 Å². The SMILES string of the molecule is CCOC(=O)c1c(C)nc2ccccc2c1S(C)(C)C#N. The van der Waals surface area contributed by atoms with Gasteiger partial charge in [0.2, 0.25) is 0 Å². The summed E-state index contributed by atoms with van der Waals surface area (Å²) in [4.78, 5) is 17.6. The third-order valence-corrected chi connectivity index (χ3v) is 5.14. The normalized spacial score (nSPS) is 12.0. The standard InChI is InChI=1S/C16H18N2O2S/c1-5-20-16(19)14-11(2)18-13-9-7-6-8-12(13)15(14)21(3,4)10-17/h6-9H,5H2,1-4H3. The van der Waals surface area contributed by atoms with Crippen LogP contribution in [0.2, 0.25) is 0 Å². The first kappa shape index (κ1) is 15.3. The number of aryl methyl sites for hydroxylation is 1. The lowest BCUT2D eigenvalue weighted by atomic mass is 10.1. The van der Waals surface area contributed by atoms with E-state index >= 15 is 0 Å². The summed E-state index contributed by atoms with van der Waals surface area (Å²) < 4.78 is 5.16. The molecule has 0 amide bonds. The molecule has 1 aromatic carbocycles. The van der Waals surface area contributed by atoms with Crippen LogP contribution in [-0.4, -0.2) is 30.1 Å². The third kappa shape index (κ3) is 2.72. The number of carbonyl (C=O) groups is 1. The number of carbonyl (C=O) groups excluding carboxylic acids is 1. The van der Waals surface area contributed by atoms with Crippen molar-refractivity contribution in [1.82, 2.24) is 4.98 Å². The Morgan fingerprint density at radius 2 is 2.05 bits per heavy atom. The molecule has 110 valence electrons. The predicted octanol–water partition coefficient (Wildman–Crippen LogP) is 3.62. The average molecular weight is 302 g/mol. The monoisotopic (exact) mass is 302 g/mol. The van der Waals surface area contributed by atoms with Crippen LogP contribution in [0.4, 0.5) is 0 Å². The van der Waals surface area contributed by atoms with Crippen LogP contribution < -0.4 is 0 Å². The number of esters is 1. The van der Waals surface area contributed by atoms with Gasteiger partial charge < -0.3 is 4.74 Å². The molecule has 0 fully saturated rings. The number of nitrogens with zero attached hydrogens (tertiary/aromatic N) is 2. The molecule has 0 radical (unpaired) electrons. The van der Waals surface area contributed by atoms with E-state index in [0.717, 1.165) is 15.8 Å². The molecule has 0 aliphatic rings. The van der Waals surface area contributed by atoms with E-state index < -0.39 is 16.0 Å². The predicted molar refractivity (Wildman–Crippen MR) is 85.8 cm³/mol. The van der Waals surface area contributed by atoms with Crippen LogP contribution in [0.25, 0.3) is 10.9 Å². The molecule has 4 nitrogen and oxygen atoms in total. The fourth-order valence-corrected chi connectivity index (χ4v) is 3.87. The molecule has 0 unspecified atom stereocenters. The highest BCUT2D eigenvalue weighted by molar-refractivity contribution is 8.36. The maximum atomic E-state index is 12.3. The first-order valence-corrected chi connectivity index (χ1v) is 9.08. The summed E-state index contributed by atoms with van der Waals surface area (Å²) >= 11 is 0. The second-order valence-electron chi connectivity index (χ2n) is 5.06. The van der Waals surface area contributed by atoms with Gasteiger partial charge >= 0.3 is 5.97 Å². The number of hydrogen-bond acceptors (Lipinski definition) is 4. The fraction of sp³-hybridized carbons (Fsp3) is 0.312. The van der Waals surface area contributed by atoms with Gasteiger partial charge in [0.25, 0.3) is 0 Å². The molecular formula is C16H18N2O2S. The van der Waals surface area contributed by atoms with Crippen molar-refractivity contribution in [3.05, 3.63) is 35.5 Å². The number of thiocyanates is 1. The molecular weight excluding hydrogens is 284 g/mol. The zero-order valence-corrected chi connectivity index (χ0v) is 13.5. The number of hydrogen-bond donors (Lipinski definition) is 0. The number of aromatic nitrogens is 1. The maximum absolute atomic E-state index is 12.3. The lowest BCUT2D eigenvalue weighted by molar-refractivity contribution is 0.0521. The zero-order chi connectivity index (χ0) is 15.6. The number of nitriles is 1. The van der Waals surface area contributed by atoms with Gasteiger partial charge in [0.15, 0.2) is 0 Å². The van der Waals surface area contributed by atoms with E-state index in [-0.39, 0.29) is 0 Å². The largest absolute Gasteiger partial charge is 0.462 e. The van der Waals surface area contributed by atoms with E-state index in [4.69, 9.17) is 4.74 Å². The Balaban J connectivity index is 2.90. The molecule has 2 aromatic rings. The molecule has 1 heterocycles. The molecule has 0 spiro atoms. The van der Waals surface area contributed by atoms with Crippen LogP contribution in [-0.2, 0) is 4.74 Å². The molecule has 0 aliphatic heterocycles. The van der Waals surface area contributed by atoms with Crippen molar-refractivity contribution in [2.45, 2.75) is 18.7 Å². The van der Waals surface area contributed by atoms with Crippen LogP contribution in [0, 0.1) is 17.6 Å². The first-order chi connectivity index (χ1) is 9.92. The highest BCUT2D eigenvalue weighted by Crippen LogP contribution is 2.53. The van der Waals surface area contributed by atoms with Crippen LogP contribution in [0.15, 0.2) is 29.2 Å². The lowest BCUT2D eigenvalue weighted by Gasteiger charge is -2.27. The molecule has 0 N–H and O–H groups in total. The van der Waals surface area contributed by atoms with E-state index in [0.29, 0.717) is 17.9 Å². The summed E-state index contributed by atoms with van der Waals surface area (Å²) in [6, 6.07) is 7.60. The van der Waals surface area contributed by atoms with Gasteiger partial charge in [-0.3, -0.25) is 4.98 Å². The van der Waals surface area contributed by atoms with Crippen molar-refractivity contribution in [2.24, 2.45) is 0 Å². The molecule has 2 rings (SSSR count). The fourth-order valence-electron chi connectivity index (χ4n) is 2.32. The van der Waals surface area contributed by atoms with Crippen LogP contribution in [0.3, 0.4) is 0 Å². The smallest absolute Gasteiger partial charge is 0.341 e. The van der Waals surface area contributed by atoms with E-state index in [2.05, 4.69) is 10.4 Å². The molecule has 1 aromatic heterocycles. The second-order valence-corrected chi connectivity index (χ2v) is 8.30. The van der Waals surface area contributed by atoms with Gasteiger partial charge in [0, 0.05) is 10.3 Å². The van der Waals surface area contributed by atoms with Crippen molar-refractivity contribution >= 4 is 26.9 Å². The van der Waals surface area contributed by atoms with Gasteiger partial charge in [0.05, 0.1) is 23.4 Å². The molecule has 0 saturated carbocycles.